The van der Waals surface area contributed by atoms with Crippen molar-refractivity contribution in [2.45, 2.75) is 251 Å². The molecule has 0 heterocycles. The van der Waals surface area contributed by atoms with Crippen molar-refractivity contribution < 1.29 is 42.1 Å². The van der Waals surface area contributed by atoms with Gasteiger partial charge in [0.1, 0.15) is 19.8 Å². The van der Waals surface area contributed by atoms with Crippen molar-refractivity contribution in [3.05, 3.63) is 231 Å². The predicted molar refractivity (Wildman–Crippen MR) is 417 cm³/mol. The largest absolute Gasteiger partial charge is 0.472 e. The van der Waals surface area contributed by atoms with E-state index in [1.807, 2.05) is 21.1 Å². The molecule has 0 spiro atoms. The van der Waals surface area contributed by atoms with Gasteiger partial charge in [-0.1, -0.05) is 303 Å². The fourth-order valence-electron chi connectivity index (χ4n) is 9.09. The van der Waals surface area contributed by atoms with Crippen molar-refractivity contribution in [2.24, 2.45) is 0 Å². The number of carbonyl (C=O) groups is 2. The number of esters is 2. The minimum atomic E-state index is -4.42. The Bertz CT molecular complexity index is 2480. The number of quaternary nitrogens is 1. The summed E-state index contributed by atoms with van der Waals surface area (Å²) in [5, 5.41) is 0. The van der Waals surface area contributed by atoms with Crippen LogP contribution in [0, 0.1) is 0 Å². The van der Waals surface area contributed by atoms with Crippen molar-refractivity contribution in [1.82, 2.24) is 0 Å². The first-order valence-electron chi connectivity index (χ1n) is 37.1. The van der Waals surface area contributed by atoms with Crippen LogP contribution in [0.4, 0.5) is 0 Å². The molecule has 0 aromatic heterocycles. The molecule has 2 atom stereocenters. The van der Waals surface area contributed by atoms with Crippen molar-refractivity contribution in [3.8, 4) is 0 Å². The van der Waals surface area contributed by atoms with Gasteiger partial charge in [-0.2, -0.15) is 0 Å². The van der Waals surface area contributed by atoms with Crippen molar-refractivity contribution >= 4 is 19.8 Å². The molecule has 0 saturated heterocycles. The highest BCUT2D eigenvalue weighted by molar-refractivity contribution is 7.47. The number of hydrogen-bond donors (Lipinski definition) is 1. The van der Waals surface area contributed by atoms with Crippen LogP contribution in [-0.4, -0.2) is 74.9 Å². The van der Waals surface area contributed by atoms with E-state index in [-0.39, 0.29) is 26.1 Å². The second-order valence-corrected chi connectivity index (χ2v) is 26.3. The highest BCUT2D eigenvalue weighted by atomic mass is 31.2. The first-order valence-corrected chi connectivity index (χ1v) is 38.6. The molecular weight excluding hydrogens is 1210 g/mol. The van der Waals surface area contributed by atoms with Crippen LogP contribution in [-0.2, 0) is 32.7 Å². The van der Waals surface area contributed by atoms with E-state index >= 15 is 0 Å². The standard InChI is InChI=1S/C86H134NO8P/c1-6-8-10-12-14-16-18-20-22-24-26-28-30-32-34-36-38-40-42-43-45-46-48-50-52-54-56-58-60-62-64-66-68-70-72-74-76-78-85(88)92-82-84(83-94-96(90,91)93-81-80-87(3,4)5)95-86(89)79-77-75-73-71-69-67-65-63-61-59-57-55-53-51-49-47-44-41-39-37-35-33-31-29-27-25-23-21-19-17-15-13-11-9-7-2/h8-11,14-17,20-23,26-29,32-35,38-41,43,45,47-50,53-56,59,61,65,67,84H,6-7,12-13,18-19,24-25,30-31,36-37,42,44,46,51-52,57-58,60,62-64,66,68-83H2,1-5H3/p+1/b10-8-,11-9-,16-14-,17-15-,22-20-,23-21-,28-26-,29-27-,34-32-,35-33-,40-38-,41-39-,45-43-,49-47-,50-48-,55-53-,56-54-,61-59-,67-65-. The van der Waals surface area contributed by atoms with E-state index in [1.165, 1.54) is 32.1 Å². The number of rotatable bonds is 65. The molecule has 0 aliphatic rings. The van der Waals surface area contributed by atoms with E-state index in [4.69, 9.17) is 18.5 Å². The maximum atomic E-state index is 12.9. The molecule has 0 aliphatic carbocycles. The minimum Gasteiger partial charge on any atom is -0.462 e. The highest BCUT2D eigenvalue weighted by Gasteiger charge is 2.27. The summed E-state index contributed by atoms with van der Waals surface area (Å²) in [6.45, 7) is 4.14. The molecule has 9 nitrogen and oxygen atoms in total. The van der Waals surface area contributed by atoms with Gasteiger partial charge >= 0.3 is 19.8 Å². The zero-order valence-corrected chi connectivity index (χ0v) is 61.9. The lowest BCUT2D eigenvalue weighted by atomic mass is 10.1. The Kier molecular flexibility index (Phi) is 68.8. The summed E-state index contributed by atoms with van der Waals surface area (Å²) in [6.07, 6.45) is 119. The van der Waals surface area contributed by atoms with Gasteiger partial charge in [-0.25, -0.2) is 4.57 Å². The van der Waals surface area contributed by atoms with Gasteiger partial charge in [0.05, 0.1) is 27.7 Å². The molecule has 96 heavy (non-hydrogen) atoms. The fraction of sp³-hybridized carbons (Fsp3) is 0.535. The molecule has 0 rings (SSSR count). The smallest absolute Gasteiger partial charge is 0.462 e. The lowest BCUT2D eigenvalue weighted by Crippen LogP contribution is -2.37. The number of likely N-dealkylation sites (N-methyl/N-ethyl adjacent to an activating group) is 1. The number of unbranched alkanes of at least 4 members (excludes halogenated alkanes) is 13. The van der Waals surface area contributed by atoms with Crippen LogP contribution in [0.25, 0.3) is 0 Å². The van der Waals surface area contributed by atoms with Crippen LogP contribution in [0.2, 0.25) is 0 Å². The van der Waals surface area contributed by atoms with Crippen LogP contribution >= 0.6 is 7.82 Å². The number of phosphoric acid groups is 1. The number of carbonyl (C=O) groups excluding carboxylic acids is 2. The van der Waals surface area contributed by atoms with E-state index in [0.717, 1.165) is 173 Å². The molecule has 0 amide bonds. The van der Waals surface area contributed by atoms with Gasteiger partial charge in [-0.15, -0.1) is 0 Å². The van der Waals surface area contributed by atoms with Gasteiger partial charge in [-0.3, -0.25) is 18.6 Å². The maximum Gasteiger partial charge on any atom is 0.472 e. The third kappa shape index (κ3) is 77.1. The topological polar surface area (TPSA) is 108 Å². The molecule has 2 unspecified atom stereocenters. The van der Waals surface area contributed by atoms with E-state index in [1.54, 1.807) is 0 Å². The fourth-order valence-corrected chi connectivity index (χ4v) is 9.84. The average Bonchev–Trinajstić information content (AvgIpc) is 2.74. The predicted octanol–water partition coefficient (Wildman–Crippen LogP) is 24.9. The Hall–Kier alpha value is -5.93. The third-order valence-electron chi connectivity index (χ3n) is 14.7. The Morgan fingerprint density at radius 3 is 0.833 bits per heavy atom. The maximum absolute atomic E-state index is 12.9. The number of allylic oxidation sites excluding steroid dienone is 38. The number of hydrogen-bond acceptors (Lipinski definition) is 7. The molecule has 0 fully saturated rings. The number of ether oxygens (including phenoxy) is 2. The van der Waals surface area contributed by atoms with Crippen LogP contribution in [0.3, 0.4) is 0 Å². The number of phosphoric ester groups is 1. The van der Waals surface area contributed by atoms with Gasteiger partial charge in [0, 0.05) is 12.8 Å². The lowest BCUT2D eigenvalue weighted by Gasteiger charge is -2.24. The molecule has 536 valence electrons. The summed E-state index contributed by atoms with van der Waals surface area (Å²) >= 11 is 0. The van der Waals surface area contributed by atoms with Crippen molar-refractivity contribution in [2.75, 3.05) is 47.5 Å². The molecule has 0 bridgehead atoms. The molecule has 0 saturated carbocycles. The van der Waals surface area contributed by atoms with Gasteiger partial charge in [0.25, 0.3) is 0 Å². The van der Waals surface area contributed by atoms with Gasteiger partial charge in [-0.05, 0) is 161 Å². The van der Waals surface area contributed by atoms with Gasteiger partial charge < -0.3 is 18.9 Å². The molecule has 1 N–H and O–H groups in total. The quantitative estimate of drug-likeness (QED) is 0.0211. The van der Waals surface area contributed by atoms with Crippen molar-refractivity contribution in [1.29, 1.82) is 0 Å². The van der Waals surface area contributed by atoms with Crippen LogP contribution < -0.4 is 0 Å². The summed E-state index contributed by atoms with van der Waals surface area (Å²) in [6, 6.07) is 0. The molecular formula is C86H135NO8P+. The van der Waals surface area contributed by atoms with Crippen molar-refractivity contribution in [3.63, 3.8) is 0 Å². The third-order valence-corrected chi connectivity index (χ3v) is 15.7. The molecule has 0 radical (unpaired) electrons. The van der Waals surface area contributed by atoms with E-state index < -0.39 is 32.5 Å². The summed E-state index contributed by atoms with van der Waals surface area (Å²) in [5.74, 6) is -0.851. The average molecular weight is 1340 g/mol. The highest BCUT2D eigenvalue weighted by Crippen LogP contribution is 2.43. The Balaban J connectivity index is 4.20. The van der Waals surface area contributed by atoms with Gasteiger partial charge in [0.15, 0.2) is 6.10 Å². The Morgan fingerprint density at radius 1 is 0.323 bits per heavy atom. The van der Waals surface area contributed by atoms with Crippen LogP contribution in [0.1, 0.15) is 245 Å². The van der Waals surface area contributed by atoms with Crippen LogP contribution in [0.5, 0.6) is 0 Å². The lowest BCUT2D eigenvalue weighted by molar-refractivity contribution is -0.870. The SMILES string of the molecule is CC/C=C\C/C=C\C/C=C\C/C=C\C/C=C\C/C=C\C/C=C\C/C=C\C/C=C\C/C=C\CCCCCCC(=O)OC(COC(=O)CCCCCCCCCCC/C=C\C/C=C\C/C=C\C/C=C\C/C=C\C/C=C\C/C=C\C/C=C\C/C=C\CC)COP(=O)(O)OCC[N+](C)(C)C. The molecule has 0 aliphatic heterocycles. The Morgan fingerprint density at radius 2 is 0.562 bits per heavy atom. The second kappa shape index (κ2) is 73.3. The first kappa shape index (κ1) is 90.1. The monoisotopic (exact) mass is 1340 g/mol. The summed E-state index contributed by atoms with van der Waals surface area (Å²) in [4.78, 5) is 35.9. The zero-order valence-electron chi connectivity index (χ0n) is 61.0. The summed E-state index contributed by atoms with van der Waals surface area (Å²) < 4.78 is 34.7. The zero-order chi connectivity index (χ0) is 69.7. The Labute approximate surface area is 588 Å². The first-order chi connectivity index (χ1) is 47.0. The summed E-state index contributed by atoms with van der Waals surface area (Å²) in [7, 11) is 1.42. The normalized spacial score (nSPS) is 14.4. The molecule has 0 aromatic rings. The van der Waals surface area contributed by atoms with E-state index in [9.17, 15) is 19.0 Å². The number of nitrogens with zero attached hydrogens (tertiary/aromatic N) is 1. The summed E-state index contributed by atoms with van der Waals surface area (Å²) in [5.41, 5.74) is 0. The molecule has 10 heteroatoms. The minimum absolute atomic E-state index is 0.0122. The van der Waals surface area contributed by atoms with Gasteiger partial charge in [0.2, 0.25) is 0 Å². The van der Waals surface area contributed by atoms with E-state index in [2.05, 4.69) is 245 Å². The van der Waals surface area contributed by atoms with Crippen LogP contribution in [0.15, 0.2) is 231 Å². The molecule has 0 aromatic carbocycles. The second-order valence-electron chi connectivity index (χ2n) is 24.9. The van der Waals surface area contributed by atoms with E-state index in [0.29, 0.717) is 23.9 Å².